The summed E-state index contributed by atoms with van der Waals surface area (Å²) in [4.78, 5) is 69.4. The number of carbonyl (C=O) groups excluding carboxylic acids is 4. The van der Waals surface area contributed by atoms with Crippen molar-refractivity contribution in [3.05, 3.63) is 112 Å². The van der Waals surface area contributed by atoms with E-state index in [0.29, 0.717) is 85.6 Å². The Balaban J connectivity index is 0.777. The monoisotopic (exact) mass is 878 g/mol. The molecule has 3 aromatic carbocycles. The molecule has 14 nitrogen and oxygen atoms in total. The molecule has 0 aliphatic carbocycles. The van der Waals surface area contributed by atoms with Gasteiger partial charge in [0.25, 0.3) is 17.7 Å². The number of imide groups is 1. The number of halogens is 3. The molecule has 2 aromatic heterocycles. The maximum atomic E-state index is 16.0. The number of urea groups is 1. The Kier molecular flexibility index (Phi) is 10.7. The summed E-state index contributed by atoms with van der Waals surface area (Å²) >= 11 is 1.25. The number of benzene rings is 3. The summed E-state index contributed by atoms with van der Waals surface area (Å²) in [6.07, 6.45) is 5.39. The maximum absolute atomic E-state index is 16.0. The molecular weight excluding hydrogens is 834 g/mol. The van der Waals surface area contributed by atoms with Crippen molar-refractivity contribution in [1.29, 1.82) is 0 Å². The third kappa shape index (κ3) is 7.95. The molecule has 326 valence electrons. The number of fused-ring (bicyclic) bond motifs is 2. The second-order valence-electron chi connectivity index (χ2n) is 16.8. The van der Waals surface area contributed by atoms with E-state index in [1.54, 1.807) is 58.0 Å². The van der Waals surface area contributed by atoms with Crippen LogP contribution in [0.3, 0.4) is 0 Å². The highest BCUT2D eigenvalue weighted by Gasteiger charge is 2.48. The molecule has 2 N–H and O–H groups in total. The van der Waals surface area contributed by atoms with E-state index >= 15 is 13.2 Å². The first-order valence-corrected chi connectivity index (χ1v) is 22.1. The first-order valence-electron chi connectivity index (χ1n) is 21.3. The van der Waals surface area contributed by atoms with E-state index in [1.807, 2.05) is 33.7 Å². The second-order valence-corrected chi connectivity index (χ2v) is 17.7. The number of amides is 5. The normalized spacial score (nSPS) is 20.8. The van der Waals surface area contributed by atoms with Gasteiger partial charge in [0.1, 0.15) is 5.82 Å². The zero-order valence-corrected chi connectivity index (χ0v) is 35.1. The van der Waals surface area contributed by atoms with Gasteiger partial charge in [0.2, 0.25) is 5.91 Å². The number of imidazole rings is 1. The van der Waals surface area contributed by atoms with Crippen LogP contribution in [0.15, 0.2) is 78.6 Å². The van der Waals surface area contributed by atoms with Gasteiger partial charge in [-0.1, -0.05) is 24.3 Å². The van der Waals surface area contributed by atoms with Crippen molar-refractivity contribution in [1.82, 2.24) is 34.6 Å². The number of anilines is 3. The molecule has 3 saturated heterocycles. The molecule has 2 unspecified atom stereocenters. The van der Waals surface area contributed by atoms with Crippen molar-refractivity contribution in [2.75, 3.05) is 60.9 Å². The Labute approximate surface area is 365 Å². The lowest BCUT2D eigenvalue weighted by Gasteiger charge is -2.47. The van der Waals surface area contributed by atoms with Gasteiger partial charge in [-0.15, -0.1) is 11.3 Å². The van der Waals surface area contributed by atoms with Crippen LogP contribution in [0.25, 0.3) is 11.1 Å². The lowest BCUT2D eigenvalue weighted by atomic mass is 9.96. The van der Waals surface area contributed by atoms with Crippen LogP contribution in [-0.4, -0.2) is 111 Å². The van der Waals surface area contributed by atoms with Gasteiger partial charge in [-0.2, -0.15) is 0 Å². The van der Waals surface area contributed by atoms with Crippen LogP contribution in [-0.2, 0) is 35.6 Å². The molecule has 0 bridgehead atoms. The number of carbonyl (C=O) groups is 4. The number of piperidine rings is 1. The first-order chi connectivity index (χ1) is 30.5. The Hall–Kier alpha value is -6.11. The first kappa shape index (κ1) is 40.9. The Morgan fingerprint density at radius 3 is 2.51 bits per heavy atom. The van der Waals surface area contributed by atoms with Crippen LogP contribution in [0.1, 0.15) is 58.2 Å². The van der Waals surface area contributed by atoms with E-state index in [2.05, 4.69) is 25.5 Å². The number of alkyl halides is 2. The minimum atomic E-state index is -2.97. The zero-order valence-electron chi connectivity index (χ0n) is 34.3. The van der Waals surface area contributed by atoms with Crippen LogP contribution < -0.4 is 20.4 Å². The van der Waals surface area contributed by atoms with Crippen LogP contribution >= 0.6 is 11.3 Å². The summed E-state index contributed by atoms with van der Waals surface area (Å²) in [5.74, 6) is -4.79. The summed E-state index contributed by atoms with van der Waals surface area (Å²) in [7, 11) is 0. The number of nitrogens with one attached hydrogen (secondary N) is 2. The van der Waals surface area contributed by atoms with Crippen molar-refractivity contribution in [2.24, 2.45) is 0 Å². The fourth-order valence-electron chi connectivity index (χ4n) is 9.75. The molecule has 5 amide bonds. The molecule has 3 fully saturated rings. The van der Waals surface area contributed by atoms with E-state index < -0.39 is 48.2 Å². The molecular formula is C45H45F3N10O4S. The molecule has 10 rings (SSSR count). The Morgan fingerprint density at radius 1 is 0.921 bits per heavy atom. The van der Waals surface area contributed by atoms with Crippen molar-refractivity contribution >= 4 is 51.6 Å². The largest absolute Gasteiger partial charge is 0.365 e. The topological polar surface area (TPSA) is 139 Å². The summed E-state index contributed by atoms with van der Waals surface area (Å²) in [5.41, 5.74) is 5.14. The third-order valence-electron chi connectivity index (χ3n) is 12.9. The minimum Gasteiger partial charge on any atom is -0.365 e. The number of thiazole rings is 1. The molecule has 5 aliphatic rings. The van der Waals surface area contributed by atoms with Gasteiger partial charge in [-0.05, 0) is 72.4 Å². The number of nitrogens with zero attached hydrogens (tertiary/aromatic N) is 8. The Bertz CT molecular complexity index is 2580. The van der Waals surface area contributed by atoms with Gasteiger partial charge in [-0.3, -0.25) is 39.7 Å². The molecule has 0 spiro atoms. The standard InChI is InChI=1S/C45H45F3N10O4S/c46-35-23-30(22-33-34(35)25-58(42(33)61)40(41(60)52-43-49-12-20-63-43)39-36-5-2-13-56(36)27-50-39)29-6-8-31(9-7-29)55-14-10-37(45(47,48)26-55)54-18-16-53(17-19-54)24-28-3-1-4-32(21-28)57-15-11-38(59)51-44(57)62/h1,3-4,6-9,12,20-23,27,37,40H,2,5,10-11,13-19,24-26H2,(H,49,52,60)(H,51,59,62). The van der Waals surface area contributed by atoms with Crippen molar-refractivity contribution in [3.8, 4) is 11.1 Å². The van der Waals surface area contributed by atoms with E-state index in [4.69, 9.17) is 0 Å². The average molecular weight is 879 g/mol. The second kappa shape index (κ2) is 16.5. The lowest BCUT2D eigenvalue weighted by molar-refractivity contribution is -0.121. The van der Waals surface area contributed by atoms with E-state index in [-0.39, 0.29) is 36.4 Å². The number of aryl methyl sites for hydroxylation is 1. The number of piperazine rings is 1. The van der Waals surface area contributed by atoms with Gasteiger partial charge < -0.3 is 14.4 Å². The fraction of sp³-hybridized carbons (Fsp3) is 0.378. The van der Waals surface area contributed by atoms with E-state index in [0.717, 1.165) is 24.2 Å². The lowest BCUT2D eigenvalue weighted by Crippen LogP contribution is -2.61. The maximum Gasteiger partial charge on any atom is 0.328 e. The number of rotatable bonds is 10. The van der Waals surface area contributed by atoms with Crippen molar-refractivity contribution < 1.29 is 32.3 Å². The SMILES string of the molecule is O=C1CCN(c2cccc(CN3CCN(C4CCN(c5ccc(-c6cc(F)c7c(c6)C(=O)N(C(C(=O)Nc6nccs6)c6ncn8c6CCC8)C7)cc5)CC4(F)F)CC3)c2)C(=O)N1. The molecule has 2 atom stereocenters. The van der Waals surface area contributed by atoms with Crippen LogP contribution in [0.2, 0.25) is 0 Å². The van der Waals surface area contributed by atoms with Crippen LogP contribution in [0, 0.1) is 5.82 Å². The average Bonchev–Trinajstić information content (AvgIpc) is 4.09. The molecule has 0 saturated carbocycles. The number of hydrogen-bond donors (Lipinski definition) is 2. The summed E-state index contributed by atoms with van der Waals surface area (Å²) in [6, 6.07) is 15.3. The third-order valence-corrected chi connectivity index (χ3v) is 13.6. The molecule has 0 radical (unpaired) electrons. The minimum absolute atomic E-state index is 0.109. The highest BCUT2D eigenvalue weighted by Crippen LogP contribution is 2.39. The Morgan fingerprint density at radius 2 is 1.75 bits per heavy atom. The molecule has 7 heterocycles. The quantitative estimate of drug-likeness (QED) is 0.176. The van der Waals surface area contributed by atoms with E-state index in [1.165, 1.54) is 22.3 Å². The molecule has 5 aliphatic heterocycles. The predicted molar refractivity (Wildman–Crippen MR) is 230 cm³/mol. The van der Waals surface area contributed by atoms with E-state index in [9.17, 15) is 19.2 Å². The highest BCUT2D eigenvalue weighted by molar-refractivity contribution is 7.13. The fourth-order valence-corrected chi connectivity index (χ4v) is 10.3. The summed E-state index contributed by atoms with van der Waals surface area (Å²) in [6.45, 7) is 3.88. The van der Waals surface area contributed by atoms with Crippen LogP contribution in [0.4, 0.5) is 34.5 Å². The van der Waals surface area contributed by atoms with Gasteiger partial charge >= 0.3 is 6.03 Å². The molecule has 5 aromatic rings. The van der Waals surface area contributed by atoms with Crippen LogP contribution in [0.5, 0.6) is 0 Å². The molecule has 63 heavy (non-hydrogen) atoms. The smallest absolute Gasteiger partial charge is 0.328 e. The molecule has 18 heteroatoms. The van der Waals surface area contributed by atoms with Gasteiger partial charge in [0.15, 0.2) is 11.2 Å². The highest BCUT2D eigenvalue weighted by atomic mass is 32.1. The van der Waals surface area contributed by atoms with Crippen molar-refractivity contribution in [3.63, 3.8) is 0 Å². The van der Waals surface area contributed by atoms with Crippen molar-refractivity contribution in [2.45, 2.75) is 63.3 Å². The number of aromatic nitrogens is 3. The zero-order chi connectivity index (χ0) is 43.4. The van der Waals surface area contributed by atoms with Gasteiger partial charge in [0, 0.05) is 98.6 Å². The number of hydrogen-bond acceptors (Lipinski definition) is 10. The van der Waals surface area contributed by atoms with Gasteiger partial charge in [0.05, 0.1) is 31.2 Å². The predicted octanol–water partition coefficient (Wildman–Crippen LogP) is 5.91. The summed E-state index contributed by atoms with van der Waals surface area (Å²) < 4.78 is 49.9. The van der Waals surface area contributed by atoms with Gasteiger partial charge in [-0.25, -0.2) is 27.9 Å². The summed E-state index contributed by atoms with van der Waals surface area (Å²) in [5, 5.41) is 7.29.